The number of carbonyl (C=O) groups is 1. The molecule has 3 heteroatoms. The van der Waals surface area contributed by atoms with Gasteiger partial charge in [-0.15, -0.1) is 0 Å². The molecule has 116 valence electrons. The van der Waals surface area contributed by atoms with Gasteiger partial charge in [-0.05, 0) is 49.1 Å². The van der Waals surface area contributed by atoms with Crippen molar-refractivity contribution in [1.82, 2.24) is 0 Å². The van der Waals surface area contributed by atoms with E-state index in [1.807, 2.05) is 56.3 Å². The third-order valence-electron chi connectivity index (χ3n) is 3.70. The van der Waals surface area contributed by atoms with Crippen LogP contribution in [0.25, 0.3) is 0 Å². The van der Waals surface area contributed by atoms with Crippen LogP contribution in [0.4, 0.5) is 16.2 Å². The number of amides is 2. The van der Waals surface area contributed by atoms with Crippen LogP contribution in [0.5, 0.6) is 0 Å². The normalized spacial score (nSPS) is 10.6. The molecule has 0 saturated heterocycles. The Kier molecular flexibility index (Phi) is 5.21. The lowest BCUT2D eigenvalue weighted by molar-refractivity contribution is 0.257. The van der Waals surface area contributed by atoms with Gasteiger partial charge in [0.2, 0.25) is 0 Å². The number of hydrogen-bond acceptors (Lipinski definition) is 1. The molecule has 22 heavy (non-hydrogen) atoms. The van der Waals surface area contributed by atoms with Gasteiger partial charge in [-0.25, -0.2) is 4.79 Å². The fourth-order valence-electron chi connectivity index (χ4n) is 2.54. The zero-order valence-electron chi connectivity index (χ0n) is 13.8. The summed E-state index contributed by atoms with van der Waals surface area (Å²) in [5.41, 5.74) is 4.10. The molecular formula is C19H24N2O. The highest BCUT2D eigenvalue weighted by atomic mass is 16.2. The maximum Gasteiger partial charge on any atom is 0.326 e. The smallest absolute Gasteiger partial charge is 0.307 e. The Morgan fingerprint density at radius 2 is 1.86 bits per heavy atom. The number of benzene rings is 2. The molecule has 0 atom stereocenters. The summed E-state index contributed by atoms with van der Waals surface area (Å²) in [5.74, 6) is 0.366. The Morgan fingerprint density at radius 1 is 1.14 bits per heavy atom. The van der Waals surface area contributed by atoms with Crippen molar-refractivity contribution in [1.29, 1.82) is 0 Å². The quantitative estimate of drug-likeness (QED) is 0.828. The number of hydrogen-bond donors (Lipinski definition) is 1. The minimum atomic E-state index is -0.0961. The SMILES string of the molecule is CCN(C(=O)Nc1ccccc1C(C)C)c1cccc(C)c1. The average Bonchev–Trinajstić information content (AvgIpc) is 2.48. The van der Waals surface area contributed by atoms with Gasteiger partial charge in [-0.3, -0.25) is 4.90 Å². The largest absolute Gasteiger partial charge is 0.326 e. The number of anilines is 2. The summed E-state index contributed by atoms with van der Waals surface area (Å²) in [5, 5.41) is 3.05. The van der Waals surface area contributed by atoms with Gasteiger partial charge in [0.1, 0.15) is 0 Å². The monoisotopic (exact) mass is 296 g/mol. The molecule has 0 aromatic heterocycles. The van der Waals surface area contributed by atoms with Crippen molar-refractivity contribution in [2.45, 2.75) is 33.6 Å². The van der Waals surface area contributed by atoms with Crippen molar-refractivity contribution in [2.24, 2.45) is 0 Å². The van der Waals surface area contributed by atoms with Crippen molar-refractivity contribution in [2.75, 3.05) is 16.8 Å². The lowest BCUT2D eigenvalue weighted by Crippen LogP contribution is -2.35. The Bertz CT molecular complexity index is 649. The molecule has 0 aliphatic carbocycles. The van der Waals surface area contributed by atoms with Crippen LogP contribution in [-0.4, -0.2) is 12.6 Å². The van der Waals surface area contributed by atoms with Crippen LogP contribution in [0.3, 0.4) is 0 Å². The molecular weight excluding hydrogens is 272 g/mol. The Morgan fingerprint density at radius 3 is 2.50 bits per heavy atom. The highest BCUT2D eigenvalue weighted by Gasteiger charge is 2.16. The van der Waals surface area contributed by atoms with E-state index in [0.717, 1.165) is 22.5 Å². The molecule has 2 amide bonds. The van der Waals surface area contributed by atoms with E-state index in [2.05, 4.69) is 25.2 Å². The van der Waals surface area contributed by atoms with E-state index in [4.69, 9.17) is 0 Å². The Labute approximate surface area is 133 Å². The first-order valence-electron chi connectivity index (χ1n) is 7.77. The van der Waals surface area contributed by atoms with Crippen molar-refractivity contribution in [3.05, 3.63) is 59.7 Å². The second-order valence-corrected chi connectivity index (χ2v) is 5.76. The summed E-state index contributed by atoms with van der Waals surface area (Å²) >= 11 is 0. The molecule has 0 fully saturated rings. The molecule has 2 aromatic rings. The molecule has 0 unspecified atom stereocenters. The molecule has 0 saturated carbocycles. The number of nitrogens with zero attached hydrogens (tertiary/aromatic N) is 1. The van der Waals surface area contributed by atoms with Crippen LogP contribution in [0.2, 0.25) is 0 Å². The van der Waals surface area contributed by atoms with Crippen molar-refractivity contribution < 1.29 is 4.79 Å². The van der Waals surface area contributed by atoms with E-state index in [1.165, 1.54) is 0 Å². The van der Waals surface area contributed by atoms with Gasteiger partial charge in [0, 0.05) is 17.9 Å². The highest BCUT2D eigenvalue weighted by Crippen LogP contribution is 2.25. The number of aryl methyl sites for hydroxylation is 1. The number of para-hydroxylation sites is 1. The first-order chi connectivity index (χ1) is 10.5. The van der Waals surface area contributed by atoms with E-state index in [9.17, 15) is 4.79 Å². The maximum atomic E-state index is 12.6. The average molecular weight is 296 g/mol. The van der Waals surface area contributed by atoms with E-state index >= 15 is 0 Å². The minimum absolute atomic E-state index is 0.0961. The number of rotatable bonds is 4. The number of urea groups is 1. The van der Waals surface area contributed by atoms with Gasteiger partial charge in [-0.1, -0.05) is 44.2 Å². The molecule has 2 aromatic carbocycles. The van der Waals surface area contributed by atoms with Crippen LogP contribution in [0.1, 0.15) is 37.8 Å². The molecule has 1 N–H and O–H groups in total. The summed E-state index contributed by atoms with van der Waals surface area (Å²) in [4.78, 5) is 14.4. The van der Waals surface area contributed by atoms with Gasteiger partial charge >= 0.3 is 6.03 Å². The molecule has 0 aliphatic rings. The highest BCUT2D eigenvalue weighted by molar-refractivity contribution is 6.02. The number of carbonyl (C=O) groups excluding carboxylic acids is 1. The van der Waals surface area contributed by atoms with E-state index in [-0.39, 0.29) is 6.03 Å². The summed E-state index contributed by atoms with van der Waals surface area (Å²) in [6, 6.07) is 15.9. The Balaban J connectivity index is 2.24. The topological polar surface area (TPSA) is 32.3 Å². The second-order valence-electron chi connectivity index (χ2n) is 5.76. The molecule has 2 rings (SSSR count). The zero-order chi connectivity index (χ0) is 16.1. The third-order valence-corrected chi connectivity index (χ3v) is 3.70. The predicted octanol–water partition coefficient (Wildman–Crippen LogP) is 5.18. The molecule has 0 spiro atoms. The first-order valence-corrected chi connectivity index (χ1v) is 7.77. The first kappa shape index (κ1) is 16.1. The fourth-order valence-corrected chi connectivity index (χ4v) is 2.54. The van der Waals surface area contributed by atoms with Gasteiger partial charge in [-0.2, -0.15) is 0 Å². The third kappa shape index (κ3) is 3.67. The van der Waals surface area contributed by atoms with E-state index in [0.29, 0.717) is 12.5 Å². The minimum Gasteiger partial charge on any atom is -0.307 e. The lowest BCUT2D eigenvalue weighted by Gasteiger charge is -2.23. The van der Waals surface area contributed by atoms with Crippen molar-refractivity contribution in [3.8, 4) is 0 Å². The molecule has 0 heterocycles. The van der Waals surface area contributed by atoms with Gasteiger partial charge in [0.05, 0.1) is 0 Å². The lowest BCUT2D eigenvalue weighted by atomic mass is 10.0. The standard InChI is InChI=1S/C19H24N2O/c1-5-21(16-10-8-9-15(4)13-16)19(22)20-18-12-7-6-11-17(18)14(2)3/h6-14H,5H2,1-4H3,(H,20,22). The summed E-state index contributed by atoms with van der Waals surface area (Å²) in [6.07, 6.45) is 0. The van der Waals surface area contributed by atoms with E-state index < -0.39 is 0 Å². The Hall–Kier alpha value is -2.29. The molecule has 0 radical (unpaired) electrons. The van der Waals surface area contributed by atoms with Crippen LogP contribution in [0.15, 0.2) is 48.5 Å². The van der Waals surface area contributed by atoms with Crippen LogP contribution < -0.4 is 10.2 Å². The molecule has 0 bridgehead atoms. The van der Waals surface area contributed by atoms with Gasteiger partial charge in [0.15, 0.2) is 0 Å². The van der Waals surface area contributed by atoms with Gasteiger partial charge < -0.3 is 5.32 Å². The van der Waals surface area contributed by atoms with Crippen molar-refractivity contribution in [3.63, 3.8) is 0 Å². The van der Waals surface area contributed by atoms with E-state index in [1.54, 1.807) is 4.90 Å². The van der Waals surface area contributed by atoms with Crippen LogP contribution in [-0.2, 0) is 0 Å². The summed E-state index contributed by atoms with van der Waals surface area (Å²) in [7, 11) is 0. The maximum absolute atomic E-state index is 12.6. The van der Waals surface area contributed by atoms with Crippen LogP contribution in [0, 0.1) is 6.92 Å². The fraction of sp³-hybridized carbons (Fsp3) is 0.316. The molecule has 3 nitrogen and oxygen atoms in total. The summed E-state index contributed by atoms with van der Waals surface area (Å²) in [6.45, 7) is 8.89. The zero-order valence-corrected chi connectivity index (χ0v) is 13.8. The van der Waals surface area contributed by atoms with Gasteiger partial charge in [0.25, 0.3) is 0 Å². The van der Waals surface area contributed by atoms with Crippen LogP contribution >= 0.6 is 0 Å². The summed E-state index contributed by atoms with van der Waals surface area (Å²) < 4.78 is 0. The van der Waals surface area contributed by atoms with Crippen molar-refractivity contribution >= 4 is 17.4 Å². The number of nitrogens with one attached hydrogen (secondary N) is 1. The molecule has 0 aliphatic heterocycles. The second kappa shape index (κ2) is 7.12. The predicted molar refractivity (Wildman–Crippen MR) is 93.7 cm³/mol.